The highest BCUT2D eigenvalue weighted by Gasteiger charge is 2.51. The number of fused-ring (bicyclic) bond motifs is 5. The highest BCUT2D eigenvalue weighted by molar-refractivity contribution is 6.03. The van der Waals surface area contributed by atoms with E-state index >= 15 is 0 Å². The fourth-order valence-corrected chi connectivity index (χ4v) is 5.69. The molecule has 2 fully saturated rings. The van der Waals surface area contributed by atoms with Crippen LogP contribution in [0.4, 0.5) is 0 Å². The molecule has 0 spiro atoms. The van der Waals surface area contributed by atoms with Crippen molar-refractivity contribution in [2.75, 3.05) is 6.61 Å². The summed E-state index contributed by atoms with van der Waals surface area (Å²) in [6, 6.07) is 14.1. The topological polar surface area (TPSA) is 80.6 Å². The molecule has 3 aromatic rings. The Kier molecular flexibility index (Phi) is 4.71. The number of carbonyl (C=O) groups excluding carboxylic acids is 1. The second-order valence-electron chi connectivity index (χ2n) is 9.67. The van der Waals surface area contributed by atoms with Crippen molar-refractivity contribution in [3.05, 3.63) is 53.6 Å². The quantitative estimate of drug-likeness (QED) is 0.587. The van der Waals surface area contributed by atoms with E-state index in [0.717, 1.165) is 16.8 Å². The molecule has 6 heteroatoms. The van der Waals surface area contributed by atoms with Gasteiger partial charge in [-0.2, -0.15) is 0 Å². The molecule has 1 amide bonds. The predicted octanol–water partition coefficient (Wildman–Crippen LogP) is 5.10. The van der Waals surface area contributed by atoms with E-state index < -0.39 is 11.5 Å². The molecule has 6 nitrogen and oxygen atoms in total. The molecule has 2 N–H and O–H groups in total. The van der Waals surface area contributed by atoms with Gasteiger partial charge < -0.3 is 19.7 Å². The summed E-state index contributed by atoms with van der Waals surface area (Å²) in [4.78, 5) is 24.5. The van der Waals surface area contributed by atoms with Crippen molar-refractivity contribution in [2.45, 2.75) is 62.9 Å². The third-order valence-electron chi connectivity index (χ3n) is 7.61. The highest BCUT2D eigenvalue weighted by Crippen LogP contribution is 2.47. The van der Waals surface area contributed by atoms with E-state index in [4.69, 9.17) is 4.74 Å². The number of carbonyl (C=O) groups is 2. The number of hydrogen-bond donors (Lipinski definition) is 2. The minimum Gasteiger partial charge on any atom is -0.491 e. The number of benzene rings is 2. The first-order valence-corrected chi connectivity index (χ1v) is 12.0. The summed E-state index contributed by atoms with van der Waals surface area (Å²) < 4.78 is 8.40. The number of hydrogen-bond acceptors (Lipinski definition) is 3. The number of nitrogens with one attached hydrogen (secondary N) is 1. The Morgan fingerprint density at radius 2 is 1.85 bits per heavy atom. The van der Waals surface area contributed by atoms with E-state index in [9.17, 15) is 14.7 Å². The molecule has 170 valence electrons. The number of carboxylic acid groups (broad SMARTS) is 1. The fraction of sp³-hybridized carbons (Fsp3) is 0.407. The lowest BCUT2D eigenvalue weighted by atomic mass is 9.81. The first-order valence-electron chi connectivity index (χ1n) is 12.0. The Hall–Kier alpha value is -3.28. The second kappa shape index (κ2) is 7.65. The van der Waals surface area contributed by atoms with Crippen LogP contribution in [-0.2, 0) is 11.3 Å². The molecule has 1 aliphatic heterocycles. The summed E-state index contributed by atoms with van der Waals surface area (Å²) in [6.07, 6.45) is 7.10. The normalized spacial score (nSPS) is 19.2. The number of amides is 1. The van der Waals surface area contributed by atoms with Crippen LogP contribution in [0, 0.1) is 0 Å². The number of ether oxygens (including phenoxy) is 1. The largest absolute Gasteiger partial charge is 0.491 e. The van der Waals surface area contributed by atoms with Gasteiger partial charge in [-0.25, -0.2) is 4.79 Å². The van der Waals surface area contributed by atoms with Gasteiger partial charge >= 0.3 is 5.97 Å². The van der Waals surface area contributed by atoms with Gasteiger partial charge in [0.05, 0.1) is 12.2 Å². The zero-order valence-corrected chi connectivity index (χ0v) is 18.6. The lowest BCUT2D eigenvalue weighted by Gasteiger charge is -2.23. The Balaban J connectivity index is 1.51. The van der Waals surface area contributed by atoms with Gasteiger partial charge in [0.1, 0.15) is 17.9 Å². The molecule has 2 heterocycles. The van der Waals surface area contributed by atoms with E-state index in [1.807, 2.05) is 24.3 Å². The van der Waals surface area contributed by atoms with Crippen molar-refractivity contribution in [1.82, 2.24) is 9.88 Å². The monoisotopic (exact) mass is 444 g/mol. The predicted molar refractivity (Wildman–Crippen MR) is 126 cm³/mol. The van der Waals surface area contributed by atoms with Crippen LogP contribution in [-0.4, -0.2) is 33.7 Å². The summed E-state index contributed by atoms with van der Waals surface area (Å²) in [7, 11) is 0. The summed E-state index contributed by atoms with van der Waals surface area (Å²) in [5.74, 6) is 0.120. The van der Waals surface area contributed by atoms with Crippen molar-refractivity contribution >= 4 is 22.8 Å². The SMILES string of the molecule is O=C(NC1(C(=O)O)CC1)c1ccc2c(C3CCCCC3)c3n(c2c1)CCOc1ccccc1-3. The van der Waals surface area contributed by atoms with Crippen LogP contribution in [0.2, 0.25) is 0 Å². The average Bonchev–Trinajstić information content (AvgIpc) is 3.59. The van der Waals surface area contributed by atoms with Gasteiger partial charge in [-0.1, -0.05) is 37.5 Å². The number of carboxylic acids is 1. The maximum absolute atomic E-state index is 13.0. The summed E-state index contributed by atoms with van der Waals surface area (Å²) in [5, 5.41) is 13.4. The van der Waals surface area contributed by atoms with Gasteiger partial charge in [-0.15, -0.1) is 0 Å². The maximum atomic E-state index is 13.0. The van der Waals surface area contributed by atoms with Gasteiger partial charge in [-0.3, -0.25) is 4.79 Å². The number of rotatable bonds is 4. The number of aliphatic carboxylic acids is 1. The first kappa shape index (κ1) is 20.3. The molecule has 1 aromatic heterocycles. The molecule has 2 aliphatic carbocycles. The summed E-state index contributed by atoms with van der Waals surface area (Å²) in [5.41, 5.74) is 4.14. The summed E-state index contributed by atoms with van der Waals surface area (Å²) in [6.45, 7) is 1.27. The van der Waals surface area contributed by atoms with E-state index in [-0.39, 0.29) is 5.91 Å². The zero-order chi connectivity index (χ0) is 22.6. The minimum atomic E-state index is -1.10. The van der Waals surface area contributed by atoms with Gasteiger partial charge in [-0.05, 0) is 61.4 Å². The first-order chi connectivity index (χ1) is 16.1. The third kappa shape index (κ3) is 3.31. The number of aromatic nitrogens is 1. The smallest absolute Gasteiger partial charge is 0.329 e. The molecular formula is C27H28N2O4. The van der Waals surface area contributed by atoms with Crippen molar-refractivity contribution in [3.63, 3.8) is 0 Å². The van der Waals surface area contributed by atoms with Crippen molar-refractivity contribution in [1.29, 1.82) is 0 Å². The minimum absolute atomic E-state index is 0.322. The Morgan fingerprint density at radius 1 is 1.06 bits per heavy atom. The fourth-order valence-electron chi connectivity index (χ4n) is 5.69. The van der Waals surface area contributed by atoms with Gasteiger partial charge in [0.25, 0.3) is 5.91 Å². The molecule has 6 rings (SSSR count). The van der Waals surface area contributed by atoms with E-state index in [0.29, 0.717) is 37.5 Å². The third-order valence-corrected chi connectivity index (χ3v) is 7.61. The molecule has 33 heavy (non-hydrogen) atoms. The van der Waals surface area contributed by atoms with Crippen molar-refractivity contribution in [2.24, 2.45) is 0 Å². The van der Waals surface area contributed by atoms with Crippen LogP contribution in [0.3, 0.4) is 0 Å². The zero-order valence-electron chi connectivity index (χ0n) is 18.6. The van der Waals surface area contributed by atoms with E-state index in [1.54, 1.807) is 0 Å². The molecule has 3 aliphatic rings. The summed E-state index contributed by atoms with van der Waals surface area (Å²) >= 11 is 0. The number of para-hydroxylation sites is 1. The molecule has 0 bridgehead atoms. The molecule has 0 atom stereocenters. The Labute approximate surface area is 192 Å². The Morgan fingerprint density at radius 3 is 2.61 bits per heavy atom. The van der Waals surface area contributed by atoms with Crippen LogP contribution in [0.5, 0.6) is 5.75 Å². The second-order valence-corrected chi connectivity index (χ2v) is 9.67. The van der Waals surface area contributed by atoms with Crippen molar-refractivity contribution in [3.8, 4) is 17.0 Å². The maximum Gasteiger partial charge on any atom is 0.329 e. The lowest BCUT2D eigenvalue weighted by molar-refractivity contribution is -0.140. The molecule has 0 saturated heterocycles. The van der Waals surface area contributed by atoms with Gasteiger partial charge in [0.2, 0.25) is 0 Å². The molecule has 0 radical (unpaired) electrons. The average molecular weight is 445 g/mol. The lowest BCUT2D eigenvalue weighted by Crippen LogP contribution is -2.43. The van der Waals surface area contributed by atoms with E-state index in [1.165, 1.54) is 48.7 Å². The van der Waals surface area contributed by atoms with Crippen molar-refractivity contribution < 1.29 is 19.4 Å². The van der Waals surface area contributed by atoms with Gasteiger partial charge in [0.15, 0.2) is 0 Å². The Bertz CT molecular complexity index is 1260. The van der Waals surface area contributed by atoms with Crippen LogP contribution in [0.25, 0.3) is 22.2 Å². The number of nitrogens with zero attached hydrogens (tertiary/aromatic N) is 1. The van der Waals surface area contributed by atoms with Crippen LogP contribution >= 0.6 is 0 Å². The standard InChI is InChI=1S/C27H28N2O4/c30-25(28-27(12-13-27)26(31)32)18-10-11-19-21(16-18)29-14-15-33-22-9-5-4-8-20(22)24(29)23(19)17-6-2-1-3-7-17/h4-5,8-11,16-17H,1-3,6-7,12-15H2,(H,28,30)(H,31,32). The van der Waals surface area contributed by atoms with Gasteiger partial charge in [0, 0.05) is 22.0 Å². The highest BCUT2D eigenvalue weighted by atomic mass is 16.5. The van der Waals surface area contributed by atoms with Crippen LogP contribution in [0.1, 0.15) is 66.8 Å². The van der Waals surface area contributed by atoms with E-state index in [2.05, 4.69) is 28.1 Å². The van der Waals surface area contributed by atoms with Crippen LogP contribution < -0.4 is 10.1 Å². The van der Waals surface area contributed by atoms with Crippen LogP contribution in [0.15, 0.2) is 42.5 Å². The molecule has 2 saturated carbocycles. The molecule has 2 aromatic carbocycles. The molecule has 0 unspecified atom stereocenters. The molecular weight excluding hydrogens is 416 g/mol.